The lowest BCUT2D eigenvalue weighted by Gasteiger charge is -2.35. The van der Waals surface area contributed by atoms with Gasteiger partial charge in [-0.05, 0) is 32.5 Å². The molecule has 0 unspecified atom stereocenters. The molecule has 11 heavy (non-hydrogen) atoms. The van der Waals surface area contributed by atoms with Crippen molar-refractivity contribution >= 4 is 24.8 Å². The number of rotatable bonds is 1. The van der Waals surface area contributed by atoms with E-state index >= 15 is 0 Å². The summed E-state index contributed by atoms with van der Waals surface area (Å²) in [5.74, 6) is 0. The molecule has 4 heteroatoms. The summed E-state index contributed by atoms with van der Waals surface area (Å²) in [4.78, 5) is 2.58. The van der Waals surface area contributed by atoms with Crippen LogP contribution < -0.4 is 5.32 Å². The average molecular weight is 199 g/mol. The Labute approximate surface area is 80.5 Å². The Morgan fingerprint density at radius 1 is 1.18 bits per heavy atom. The largest absolute Gasteiger partial charge is 0.315 e. The van der Waals surface area contributed by atoms with Crippen molar-refractivity contribution in [3.8, 4) is 0 Å². The van der Waals surface area contributed by atoms with Crippen molar-refractivity contribution in [1.82, 2.24) is 10.2 Å². The molecule has 0 aromatic carbocycles. The molecule has 0 aliphatic carbocycles. The van der Waals surface area contributed by atoms with Gasteiger partial charge in [-0.25, -0.2) is 0 Å². The van der Waals surface area contributed by atoms with Crippen LogP contribution >= 0.6 is 24.8 Å². The van der Waals surface area contributed by atoms with Crippen molar-refractivity contribution < 1.29 is 0 Å². The van der Waals surface area contributed by atoms with Crippen LogP contribution in [-0.2, 0) is 0 Å². The van der Waals surface area contributed by atoms with Crippen molar-refractivity contribution in [2.45, 2.75) is 18.9 Å². The highest BCUT2D eigenvalue weighted by molar-refractivity contribution is 5.85. The van der Waals surface area contributed by atoms with Crippen LogP contribution in [-0.4, -0.2) is 37.1 Å². The lowest BCUT2D eigenvalue weighted by Crippen LogP contribution is -2.45. The van der Waals surface area contributed by atoms with E-state index in [-0.39, 0.29) is 24.8 Å². The van der Waals surface area contributed by atoms with Gasteiger partial charge in [-0.3, -0.25) is 4.90 Å². The number of nitrogens with one attached hydrogen (secondary N) is 1. The topological polar surface area (TPSA) is 15.3 Å². The van der Waals surface area contributed by atoms with E-state index < -0.39 is 0 Å². The first-order valence-electron chi connectivity index (χ1n) is 3.91. The molecule has 0 amide bonds. The van der Waals surface area contributed by atoms with Crippen molar-refractivity contribution in [3.63, 3.8) is 0 Å². The summed E-state index contributed by atoms with van der Waals surface area (Å²) in [7, 11) is 0. The minimum Gasteiger partial charge on any atom is -0.315 e. The quantitative estimate of drug-likeness (QED) is 0.674. The van der Waals surface area contributed by atoms with Crippen molar-refractivity contribution in [2.24, 2.45) is 0 Å². The van der Waals surface area contributed by atoms with Gasteiger partial charge in [-0.2, -0.15) is 0 Å². The summed E-state index contributed by atoms with van der Waals surface area (Å²) < 4.78 is 0. The number of nitrogens with zero attached hydrogens (tertiary/aromatic N) is 1. The van der Waals surface area contributed by atoms with Gasteiger partial charge in [0.25, 0.3) is 0 Å². The molecule has 68 valence electrons. The van der Waals surface area contributed by atoms with Crippen LogP contribution in [0.25, 0.3) is 0 Å². The fraction of sp³-hybridized carbons (Fsp3) is 1.00. The second kappa shape index (κ2) is 5.20. The second-order valence-electron chi connectivity index (χ2n) is 3.04. The maximum Gasteiger partial charge on any atom is 0.0232 e. The normalized spacial score (nSPS) is 30.0. The molecular formula is C7H16Cl2N2. The Morgan fingerprint density at radius 3 is 2.27 bits per heavy atom. The molecule has 0 spiro atoms. The molecular weight excluding hydrogens is 183 g/mol. The molecule has 0 aromatic rings. The van der Waals surface area contributed by atoms with Gasteiger partial charge < -0.3 is 5.32 Å². The summed E-state index contributed by atoms with van der Waals surface area (Å²) in [6, 6.07) is 0.888. The van der Waals surface area contributed by atoms with E-state index in [4.69, 9.17) is 0 Å². The minimum absolute atomic E-state index is 0. The van der Waals surface area contributed by atoms with Crippen LogP contribution in [0.4, 0.5) is 0 Å². The van der Waals surface area contributed by atoms with Gasteiger partial charge in [0, 0.05) is 12.6 Å². The average Bonchev–Trinajstić information content (AvgIpc) is 2.11. The number of halogens is 2. The first-order chi connectivity index (χ1) is 4.47. The molecule has 0 bridgehead atoms. The molecule has 2 aliphatic heterocycles. The standard InChI is InChI=1S/C7H14N2.2ClH/c1-4-9(5-1)7-2-3-8-6-7;;/h7-8H,1-6H2;2*1H/t7-;;/m1../s1. The molecule has 2 nitrogen and oxygen atoms in total. The lowest BCUT2D eigenvalue weighted by molar-refractivity contribution is 0.128. The molecule has 2 rings (SSSR count). The predicted octanol–water partition coefficient (Wildman–Crippen LogP) is 0.898. The van der Waals surface area contributed by atoms with Crippen LogP contribution in [0.5, 0.6) is 0 Å². The lowest BCUT2D eigenvalue weighted by atomic mass is 10.1. The first-order valence-corrected chi connectivity index (χ1v) is 3.91. The Kier molecular flexibility index (Phi) is 5.44. The van der Waals surface area contributed by atoms with Crippen molar-refractivity contribution in [3.05, 3.63) is 0 Å². The summed E-state index contributed by atoms with van der Waals surface area (Å²) in [6.07, 6.45) is 2.80. The third-order valence-electron chi connectivity index (χ3n) is 2.44. The van der Waals surface area contributed by atoms with Crippen molar-refractivity contribution in [2.75, 3.05) is 26.2 Å². The van der Waals surface area contributed by atoms with Crippen LogP contribution in [0.2, 0.25) is 0 Å². The number of hydrogen-bond donors (Lipinski definition) is 1. The number of hydrogen-bond acceptors (Lipinski definition) is 2. The first kappa shape index (κ1) is 11.5. The zero-order valence-electron chi connectivity index (χ0n) is 6.58. The molecule has 0 aromatic heterocycles. The van der Waals surface area contributed by atoms with Gasteiger partial charge in [-0.15, -0.1) is 24.8 Å². The van der Waals surface area contributed by atoms with Gasteiger partial charge in [0.1, 0.15) is 0 Å². The third-order valence-corrected chi connectivity index (χ3v) is 2.44. The van der Waals surface area contributed by atoms with Gasteiger partial charge >= 0.3 is 0 Å². The summed E-state index contributed by atoms with van der Waals surface area (Å²) >= 11 is 0. The maximum atomic E-state index is 3.38. The van der Waals surface area contributed by atoms with E-state index in [1.54, 1.807) is 0 Å². The van der Waals surface area contributed by atoms with Crippen LogP contribution in [0.15, 0.2) is 0 Å². The van der Waals surface area contributed by atoms with Crippen molar-refractivity contribution in [1.29, 1.82) is 0 Å². The Balaban J connectivity index is 0.000000500. The molecule has 0 saturated carbocycles. The number of likely N-dealkylation sites (tertiary alicyclic amines) is 1. The fourth-order valence-corrected chi connectivity index (χ4v) is 1.66. The zero-order chi connectivity index (χ0) is 6.10. The minimum atomic E-state index is 0. The van der Waals surface area contributed by atoms with E-state index in [0.717, 1.165) is 6.04 Å². The summed E-state index contributed by atoms with van der Waals surface area (Å²) in [5.41, 5.74) is 0. The van der Waals surface area contributed by atoms with Gasteiger partial charge in [0.2, 0.25) is 0 Å². The van der Waals surface area contributed by atoms with E-state index in [0.29, 0.717) is 0 Å². The predicted molar refractivity (Wildman–Crippen MR) is 52.0 cm³/mol. The maximum absolute atomic E-state index is 3.38. The fourth-order valence-electron chi connectivity index (χ4n) is 1.66. The van der Waals surface area contributed by atoms with Gasteiger partial charge in [0.15, 0.2) is 0 Å². The summed E-state index contributed by atoms with van der Waals surface area (Å²) in [5, 5.41) is 3.38. The summed E-state index contributed by atoms with van der Waals surface area (Å²) in [6.45, 7) is 5.18. The molecule has 2 heterocycles. The van der Waals surface area contributed by atoms with E-state index in [9.17, 15) is 0 Å². The smallest absolute Gasteiger partial charge is 0.0232 e. The third kappa shape index (κ3) is 2.48. The molecule has 0 radical (unpaired) electrons. The van der Waals surface area contributed by atoms with E-state index in [2.05, 4.69) is 10.2 Å². The van der Waals surface area contributed by atoms with Crippen LogP contribution in [0.1, 0.15) is 12.8 Å². The van der Waals surface area contributed by atoms with Crippen LogP contribution in [0, 0.1) is 0 Å². The molecule has 2 aliphatic rings. The molecule has 1 N–H and O–H groups in total. The highest BCUT2D eigenvalue weighted by Gasteiger charge is 2.25. The highest BCUT2D eigenvalue weighted by Crippen LogP contribution is 2.15. The highest BCUT2D eigenvalue weighted by atomic mass is 35.5. The molecule has 2 fully saturated rings. The SMILES string of the molecule is C1CN([C@@H]2CCNC2)C1.Cl.Cl. The Morgan fingerprint density at radius 2 is 1.91 bits per heavy atom. The van der Waals surface area contributed by atoms with Crippen LogP contribution in [0.3, 0.4) is 0 Å². The van der Waals surface area contributed by atoms with Gasteiger partial charge in [-0.1, -0.05) is 0 Å². The molecule has 2 saturated heterocycles. The zero-order valence-corrected chi connectivity index (χ0v) is 8.22. The van der Waals surface area contributed by atoms with Gasteiger partial charge in [0.05, 0.1) is 0 Å². The van der Waals surface area contributed by atoms with E-state index in [1.807, 2.05) is 0 Å². The Bertz CT molecular complexity index is 101. The Hall–Kier alpha value is 0.500. The van der Waals surface area contributed by atoms with E-state index in [1.165, 1.54) is 39.0 Å². The monoisotopic (exact) mass is 198 g/mol. The second-order valence-corrected chi connectivity index (χ2v) is 3.04. The molecule has 1 atom stereocenters.